The minimum atomic E-state index is -0.507. The van der Waals surface area contributed by atoms with Gasteiger partial charge in [0.25, 0.3) is 11.6 Å². The second-order valence-electron chi connectivity index (χ2n) is 5.58. The monoisotopic (exact) mass is 315 g/mol. The first kappa shape index (κ1) is 15.2. The van der Waals surface area contributed by atoms with Crippen LogP contribution in [0.3, 0.4) is 0 Å². The number of carbonyl (C=O) groups is 1. The van der Waals surface area contributed by atoms with Gasteiger partial charge < -0.3 is 15.6 Å². The highest BCUT2D eigenvalue weighted by molar-refractivity contribution is 5.95. The molecule has 1 amide bonds. The van der Waals surface area contributed by atoms with Gasteiger partial charge in [0.2, 0.25) is 0 Å². The summed E-state index contributed by atoms with van der Waals surface area (Å²) in [6.45, 7) is 0.367. The van der Waals surface area contributed by atoms with Crippen molar-refractivity contribution in [3.63, 3.8) is 0 Å². The first-order chi connectivity index (χ1) is 11.1. The molecule has 0 aliphatic heterocycles. The van der Waals surface area contributed by atoms with Crippen molar-refractivity contribution >= 4 is 11.6 Å². The zero-order valence-corrected chi connectivity index (χ0v) is 12.4. The third-order valence-electron chi connectivity index (χ3n) is 3.98. The van der Waals surface area contributed by atoms with E-state index < -0.39 is 4.92 Å². The molecule has 8 nitrogen and oxygen atoms in total. The molecule has 1 atom stereocenters. The molecule has 1 aromatic heterocycles. The van der Waals surface area contributed by atoms with Gasteiger partial charge in [-0.3, -0.25) is 14.9 Å². The molecule has 1 fully saturated rings. The molecule has 1 aliphatic carbocycles. The van der Waals surface area contributed by atoms with Gasteiger partial charge in [0, 0.05) is 36.6 Å². The maximum atomic E-state index is 12.3. The van der Waals surface area contributed by atoms with Crippen LogP contribution in [0.25, 0.3) is 5.69 Å². The number of hydrogen-bond donors (Lipinski definition) is 2. The zero-order chi connectivity index (χ0) is 16.4. The summed E-state index contributed by atoms with van der Waals surface area (Å²) in [6, 6.07) is 4.32. The maximum Gasteiger partial charge on any atom is 0.294 e. The van der Waals surface area contributed by atoms with Crippen LogP contribution in [0.15, 0.2) is 36.9 Å². The SMILES string of the molecule is NCC(NC(=O)c1ccc(-n2ccnc2)c([N+](=O)[O-])c1)C1CC1. The summed E-state index contributed by atoms with van der Waals surface area (Å²) in [5, 5.41) is 14.2. The summed E-state index contributed by atoms with van der Waals surface area (Å²) >= 11 is 0. The van der Waals surface area contributed by atoms with Crippen molar-refractivity contribution in [2.75, 3.05) is 6.54 Å². The van der Waals surface area contributed by atoms with Gasteiger partial charge in [-0.1, -0.05) is 0 Å². The van der Waals surface area contributed by atoms with E-state index in [-0.39, 0.29) is 23.2 Å². The van der Waals surface area contributed by atoms with Gasteiger partial charge in [-0.2, -0.15) is 0 Å². The van der Waals surface area contributed by atoms with Gasteiger partial charge in [0.1, 0.15) is 5.69 Å². The predicted octanol–water partition coefficient (Wildman–Crippen LogP) is 1.25. The van der Waals surface area contributed by atoms with Gasteiger partial charge in [-0.25, -0.2) is 4.98 Å². The maximum absolute atomic E-state index is 12.3. The lowest BCUT2D eigenvalue weighted by atomic mass is 10.1. The molecule has 120 valence electrons. The number of benzene rings is 1. The van der Waals surface area contributed by atoms with Crippen LogP contribution in [0.2, 0.25) is 0 Å². The Balaban J connectivity index is 1.87. The number of nitro benzene ring substituents is 1. The van der Waals surface area contributed by atoms with E-state index in [1.165, 1.54) is 23.2 Å². The molecule has 1 unspecified atom stereocenters. The molecule has 1 saturated carbocycles. The quantitative estimate of drug-likeness (QED) is 0.614. The number of nitrogens with two attached hydrogens (primary N) is 1. The molecule has 2 aromatic rings. The third kappa shape index (κ3) is 3.21. The highest BCUT2D eigenvalue weighted by atomic mass is 16.6. The Labute approximate surface area is 132 Å². The van der Waals surface area contributed by atoms with Crippen LogP contribution in [-0.4, -0.2) is 33.0 Å². The van der Waals surface area contributed by atoms with Crippen molar-refractivity contribution in [2.24, 2.45) is 11.7 Å². The number of hydrogen-bond acceptors (Lipinski definition) is 5. The number of carbonyl (C=O) groups excluding carboxylic acids is 1. The van der Waals surface area contributed by atoms with Crippen LogP contribution in [0, 0.1) is 16.0 Å². The molecule has 1 aliphatic rings. The second-order valence-corrected chi connectivity index (χ2v) is 5.58. The average Bonchev–Trinajstić information content (AvgIpc) is 3.25. The largest absolute Gasteiger partial charge is 0.348 e. The normalized spacial score (nSPS) is 15.2. The Hall–Kier alpha value is -2.74. The lowest BCUT2D eigenvalue weighted by molar-refractivity contribution is -0.384. The Bertz CT molecular complexity index is 725. The molecule has 0 saturated heterocycles. The number of rotatable bonds is 6. The lowest BCUT2D eigenvalue weighted by Gasteiger charge is -2.16. The van der Waals surface area contributed by atoms with Crippen LogP contribution < -0.4 is 11.1 Å². The first-order valence-corrected chi connectivity index (χ1v) is 7.38. The van der Waals surface area contributed by atoms with Crippen LogP contribution in [0.5, 0.6) is 0 Å². The Morgan fingerprint density at radius 3 is 2.87 bits per heavy atom. The molecule has 0 spiro atoms. The smallest absolute Gasteiger partial charge is 0.294 e. The van der Waals surface area contributed by atoms with Gasteiger partial charge in [0.15, 0.2) is 0 Å². The molecule has 1 heterocycles. The standard InChI is InChI=1S/C15H17N5O3/c16-8-12(10-1-2-10)18-15(21)11-3-4-13(14(7-11)20(22)23)19-6-5-17-9-19/h3-7,9-10,12H,1-2,8,16H2,(H,18,21). The highest BCUT2D eigenvalue weighted by Crippen LogP contribution is 2.32. The Morgan fingerprint density at radius 1 is 1.52 bits per heavy atom. The van der Waals surface area contributed by atoms with E-state index in [0.717, 1.165) is 12.8 Å². The van der Waals surface area contributed by atoms with Gasteiger partial charge in [0.05, 0.1) is 11.3 Å². The Kier molecular flexibility index (Phi) is 4.07. The van der Waals surface area contributed by atoms with Crippen LogP contribution in [0.1, 0.15) is 23.2 Å². The van der Waals surface area contributed by atoms with Crippen LogP contribution >= 0.6 is 0 Å². The average molecular weight is 315 g/mol. The molecule has 23 heavy (non-hydrogen) atoms. The van der Waals surface area contributed by atoms with Crippen molar-refractivity contribution in [3.8, 4) is 5.69 Å². The number of nitro groups is 1. The third-order valence-corrected chi connectivity index (χ3v) is 3.98. The van der Waals surface area contributed by atoms with E-state index >= 15 is 0 Å². The zero-order valence-electron chi connectivity index (χ0n) is 12.4. The van der Waals surface area contributed by atoms with Crippen molar-refractivity contribution in [1.29, 1.82) is 0 Å². The summed E-state index contributed by atoms with van der Waals surface area (Å²) in [5.74, 6) is 0.0804. The first-order valence-electron chi connectivity index (χ1n) is 7.38. The molecule has 3 N–H and O–H groups in total. The molecule has 3 rings (SSSR count). The van der Waals surface area contributed by atoms with E-state index in [1.807, 2.05) is 0 Å². The molecule has 8 heteroatoms. The number of aromatic nitrogens is 2. The Morgan fingerprint density at radius 2 is 2.30 bits per heavy atom. The number of amides is 1. The minimum absolute atomic E-state index is 0.0742. The molecule has 0 bridgehead atoms. The number of nitrogens with one attached hydrogen (secondary N) is 1. The molecular weight excluding hydrogens is 298 g/mol. The fraction of sp³-hybridized carbons (Fsp3) is 0.333. The molecular formula is C15H17N5O3. The van der Waals surface area contributed by atoms with E-state index in [2.05, 4.69) is 10.3 Å². The number of imidazole rings is 1. The van der Waals surface area contributed by atoms with Crippen LogP contribution in [-0.2, 0) is 0 Å². The van der Waals surface area contributed by atoms with Crippen molar-refractivity contribution in [3.05, 3.63) is 52.6 Å². The lowest BCUT2D eigenvalue weighted by Crippen LogP contribution is -2.41. The van der Waals surface area contributed by atoms with Gasteiger partial charge in [-0.05, 0) is 30.9 Å². The van der Waals surface area contributed by atoms with Crippen molar-refractivity contribution < 1.29 is 9.72 Å². The van der Waals surface area contributed by atoms with E-state index in [1.54, 1.807) is 18.3 Å². The van der Waals surface area contributed by atoms with Gasteiger partial charge >= 0.3 is 0 Å². The van der Waals surface area contributed by atoms with Crippen LogP contribution in [0.4, 0.5) is 5.69 Å². The van der Waals surface area contributed by atoms with Gasteiger partial charge in [-0.15, -0.1) is 0 Å². The van der Waals surface area contributed by atoms with Crippen molar-refractivity contribution in [1.82, 2.24) is 14.9 Å². The fourth-order valence-corrected chi connectivity index (χ4v) is 2.55. The predicted molar refractivity (Wildman–Crippen MR) is 83.3 cm³/mol. The fourth-order valence-electron chi connectivity index (χ4n) is 2.55. The summed E-state index contributed by atoms with van der Waals surface area (Å²) in [6.07, 6.45) is 6.73. The summed E-state index contributed by atoms with van der Waals surface area (Å²) in [4.78, 5) is 27.0. The van der Waals surface area contributed by atoms with E-state index in [4.69, 9.17) is 5.73 Å². The van der Waals surface area contributed by atoms with E-state index in [9.17, 15) is 14.9 Å². The molecule has 0 radical (unpaired) electrons. The minimum Gasteiger partial charge on any atom is -0.348 e. The summed E-state index contributed by atoms with van der Waals surface area (Å²) in [5.41, 5.74) is 6.14. The highest BCUT2D eigenvalue weighted by Gasteiger charge is 2.31. The van der Waals surface area contributed by atoms with Crippen molar-refractivity contribution in [2.45, 2.75) is 18.9 Å². The summed E-state index contributed by atoms with van der Waals surface area (Å²) in [7, 11) is 0. The van der Waals surface area contributed by atoms with E-state index in [0.29, 0.717) is 18.2 Å². The molecule has 1 aromatic carbocycles. The topological polar surface area (TPSA) is 116 Å². The number of nitrogens with zero attached hydrogens (tertiary/aromatic N) is 3. The second kappa shape index (κ2) is 6.17. The summed E-state index contributed by atoms with van der Waals surface area (Å²) < 4.78 is 1.53.